The molecule has 4 fully saturated rings. The Balaban J connectivity index is 1.28. The van der Waals surface area contributed by atoms with Crippen LogP contribution in [0.4, 0.5) is 5.69 Å². The van der Waals surface area contributed by atoms with Gasteiger partial charge in [0, 0.05) is 18.8 Å². The Morgan fingerprint density at radius 3 is 2.73 bits per heavy atom. The number of hydrogen-bond donors (Lipinski definition) is 2. The summed E-state index contributed by atoms with van der Waals surface area (Å²) in [5.74, 6) is 4.77. The highest BCUT2D eigenvalue weighted by molar-refractivity contribution is 5.49. The van der Waals surface area contributed by atoms with Gasteiger partial charge in [0.25, 0.3) is 0 Å². The van der Waals surface area contributed by atoms with Gasteiger partial charge in [-0.2, -0.15) is 5.26 Å². The maximum absolute atomic E-state index is 11.0. The number of nitrogens with zero attached hydrogens (tertiary/aromatic N) is 1. The Hall–Kier alpha value is -1.57. The summed E-state index contributed by atoms with van der Waals surface area (Å²) in [6.45, 7) is 5.45. The lowest BCUT2D eigenvalue weighted by Crippen LogP contribution is -2.52. The summed E-state index contributed by atoms with van der Waals surface area (Å²) >= 11 is 0. The van der Waals surface area contributed by atoms with Crippen molar-refractivity contribution in [3.05, 3.63) is 29.8 Å². The normalized spacial score (nSPS) is 43.0. The number of aliphatic hydroxyl groups is 1. The first-order chi connectivity index (χ1) is 15.9. The third-order valence-corrected chi connectivity index (χ3v) is 10.6. The maximum atomic E-state index is 11.0. The van der Waals surface area contributed by atoms with Gasteiger partial charge in [0.2, 0.25) is 0 Å². The highest BCUT2D eigenvalue weighted by atomic mass is 16.5. The zero-order valence-corrected chi connectivity index (χ0v) is 20.7. The molecule has 0 radical (unpaired) electrons. The Labute approximate surface area is 200 Å². The van der Waals surface area contributed by atoms with Crippen LogP contribution in [0, 0.1) is 52.3 Å². The van der Waals surface area contributed by atoms with E-state index in [4.69, 9.17) is 4.74 Å². The predicted octanol–water partition coefficient (Wildman–Crippen LogP) is 6.00. The molecule has 1 aromatic rings. The number of benzene rings is 1. The third-order valence-electron chi connectivity index (χ3n) is 10.6. The van der Waals surface area contributed by atoms with E-state index < -0.39 is 5.60 Å². The number of hydrogen-bond acceptors (Lipinski definition) is 4. The molecule has 33 heavy (non-hydrogen) atoms. The van der Waals surface area contributed by atoms with E-state index in [-0.39, 0.29) is 0 Å². The molecule has 1 aromatic carbocycles. The lowest BCUT2D eigenvalue weighted by atomic mass is 9.48. The summed E-state index contributed by atoms with van der Waals surface area (Å²) in [5, 5.41) is 24.0. The van der Waals surface area contributed by atoms with Crippen LogP contribution in [0.15, 0.2) is 24.3 Å². The van der Waals surface area contributed by atoms with Crippen LogP contribution >= 0.6 is 0 Å². The first kappa shape index (κ1) is 23.2. The van der Waals surface area contributed by atoms with Crippen LogP contribution in [0.2, 0.25) is 0 Å². The quantitative estimate of drug-likeness (QED) is 0.577. The molecule has 0 saturated heterocycles. The minimum atomic E-state index is -0.589. The average molecular weight is 451 g/mol. The van der Waals surface area contributed by atoms with Gasteiger partial charge in [-0.3, -0.25) is 0 Å². The van der Waals surface area contributed by atoms with Crippen LogP contribution in [-0.2, 0) is 4.74 Å². The molecule has 4 saturated carbocycles. The number of methoxy groups -OCH3 is 1. The Bertz CT molecular complexity index is 896. The molecule has 180 valence electrons. The smallest absolute Gasteiger partial charge is 0.0992 e. The number of rotatable bonds is 5. The summed E-state index contributed by atoms with van der Waals surface area (Å²) in [6.07, 6.45) is 11.1. The van der Waals surface area contributed by atoms with E-state index in [1.54, 1.807) is 7.11 Å². The molecule has 2 N–H and O–H groups in total. The molecule has 0 bridgehead atoms. The molecule has 9 atom stereocenters. The van der Waals surface area contributed by atoms with Crippen LogP contribution in [0.1, 0.15) is 77.2 Å². The van der Waals surface area contributed by atoms with Crippen molar-refractivity contribution < 1.29 is 9.84 Å². The van der Waals surface area contributed by atoms with Crippen LogP contribution in [0.25, 0.3) is 0 Å². The first-order valence-corrected chi connectivity index (χ1v) is 13.3. The zero-order chi connectivity index (χ0) is 23.2. The van der Waals surface area contributed by atoms with Crippen molar-refractivity contribution in [3.63, 3.8) is 0 Å². The Morgan fingerprint density at radius 2 is 1.94 bits per heavy atom. The number of fused-ring (bicyclic) bond motifs is 5. The van der Waals surface area contributed by atoms with Crippen LogP contribution in [-0.4, -0.2) is 30.5 Å². The molecular formula is C29H42N2O2. The molecule has 0 amide bonds. The molecule has 5 rings (SSSR count). The van der Waals surface area contributed by atoms with Crippen molar-refractivity contribution in [2.24, 2.45) is 40.9 Å². The van der Waals surface area contributed by atoms with Crippen molar-refractivity contribution in [1.82, 2.24) is 0 Å². The predicted molar refractivity (Wildman–Crippen MR) is 132 cm³/mol. The second-order valence-electron chi connectivity index (χ2n) is 12.2. The fourth-order valence-corrected chi connectivity index (χ4v) is 9.27. The van der Waals surface area contributed by atoms with Crippen LogP contribution in [0.3, 0.4) is 0 Å². The minimum absolute atomic E-state index is 0.415. The van der Waals surface area contributed by atoms with Gasteiger partial charge in [-0.25, -0.2) is 0 Å². The van der Waals surface area contributed by atoms with E-state index in [9.17, 15) is 10.4 Å². The molecule has 4 aliphatic rings. The molecule has 4 heteroatoms. The molecule has 0 spiro atoms. The number of ether oxygens (including phenoxy) is 1. The van der Waals surface area contributed by atoms with E-state index >= 15 is 0 Å². The van der Waals surface area contributed by atoms with Gasteiger partial charge < -0.3 is 15.2 Å². The summed E-state index contributed by atoms with van der Waals surface area (Å²) in [4.78, 5) is 0. The molecule has 0 aliphatic heterocycles. The Morgan fingerprint density at radius 1 is 1.12 bits per heavy atom. The Kier molecular flexibility index (Phi) is 6.25. The number of nitrogens with one attached hydrogen (secondary N) is 1. The van der Waals surface area contributed by atoms with Crippen LogP contribution < -0.4 is 5.32 Å². The number of nitriles is 1. The van der Waals surface area contributed by atoms with Gasteiger partial charge in [0.05, 0.1) is 23.8 Å². The van der Waals surface area contributed by atoms with Crippen molar-refractivity contribution >= 4 is 5.69 Å². The van der Waals surface area contributed by atoms with E-state index in [2.05, 4.69) is 31.3 Å². The molecule has 0 heterocycles. The van der Waals surface area contributed by atoms with Gasteiger partial charge in [0.1, 0.15) is 0 Å². The first-order valence-electron chi connectivity index (χ1n) is 13.3. The molecular weight excluding hydrogens is 408 g/mol. The summed E-state index contributed by atoms with van der Waals surface area (Å²) in [5.41, 5.74) is 1.63. The van der Waals surface area contributed by atoms with Gasteiger partial charge in [-0.1, -0.05) is 13.0 Å². The van der Waals surface area contributed by atoms with Crippen molar-refractivity contribution in [2.75, 3.05) is 19.0 Å². The lowest BCUT2D eigenvalue weighted by Gasteiger charge is -2.57. The fraction of sp³-hybridized carbons (Fsp3) is 0.759. The van der Waals surface area contributed by atoms with Crippen molar-refractivity contribution in [3.8, 4) is 6.07 Å². The second-order valence-corrected chi connectivity index (χ2v) is 12.2. The summed E-state index contributed by atoms with van der Waals surface area (Å²) in [7, 11) is 1.72. The molecule has 4 aliphatic carbocycles. The zero-order valence-electron chi connectivity index (χ0n) is 20.7. The summed E-state index contributed by atoms with van der Waals surface area (Å²) in [6, 6.07) is 10.6. The van der Waals surface area contributed by atoms with E-state index in [1.807, 2.05) is 18.2 Å². The van der Waals surface area contributed by atoms with Gasteiger partial charge in [-0.15, -0.1) is 0 Å². The van der Waals surface area contributed by atoms with E-state index in [0.29, 0.717) is 29.9 Å². The molecule has 1 unspecified atom stereocenters. The summed E-state index contributed by atoms with van der Waals surface area (Å²) < 4.78 is 5.36. The fourth-order valence-electron chi connectivity index (χ4n) is 9.27. The monoisotopic (exact) mass is 450 g/mol. The van der Waals surface area contributed by atoms with Crippen LogP contribution in [0.5, 0.6) is 0 Å². The van der Waals surface area contributed by atoms with Gasteiger partial charge in [0.15, 0.2) is 0 Å². The second kappa shape index (κ2) is 8.90. The lowest BCUT2D eigenvalue weighted by molar-refractivity contribution is -0.124. The standard InChI is InChI=1S/C29H42N2O2/c1-19(31-22-6-4-5-20(15-22)17-30)26-9-10-27-25-8-7-21-16-29(32,18-33-3)14-12-23(21)24(25)11-13-28(26,27)2/h4-6,15,19,21,23-27,31-32H,7-14,16,18H2,1-3H3/t19-,21+,23-,24+,25+,26?,27-,28+,29+/m0/s1. The topological polar surface area (TPSA) is 65.3 Å². The van der Waals surface area contributed by atoms with Crippen molar-refractivity contribution in [1.29, 1.82) is 5.26 Å². The largest absolute Gasteiger partial charge is 0.387 e. The highest BCUT2D eigenvalue weighted by Crippen LogP contribution is 2.65. The van der Waals surface area contributed by atoms with Gasteiger partial charge in [-0.05, 0) is 124 Å². The molecule has 0 aromatic heterocycles. The van der Waals surface area contributed by atoms with Crippen molar-refractivity contribution in [2.45, 2.75) is 83.3 Å². The van der Waals surface area contributed by atoms with E-state index in [0.717, 1.165) is 47.8 Å². The molecule has 4 nitrogen and oxygen atoms in total. The highest BCUT2D eigenvalue weighted by Gasteiger charge is 2.58. The van der Waals surface area contributed by atoms with Gasteiger partial charge >= 0.3 is 0 Å². The maximum Gasteiger partial charge on any atom is 0.0992 e. The third kappa shape index (κ3) is 4.10. The SMILES string of the molecule is COC[C@@]1(O)CC[C@H]2[C@H](CC[C@@H]3[C@@H]2CC[C@]2(C)C([C@H](C)Nc4cccc(C#N)c4)CC[C@@H]32)C1. The van der Waals surface area contributed by atoms with E-state index in [1.165, 1.54) is 44.9 Å². The average Bonchev–Trinajstić information content (AvgIpc) is 3.16. The minimum Gasteiger partial charge on any atom is -0.387 e. The number of anilines is 1.